The van der Waals surface area contributed by atoms with Crippen molar-refractivity contribution in [3.05, 3.63) is 65.7 Å². The molecule has 0 amide bonds. The normalized spacial score (nSPS) is 23.0. The number of nitrogens with one attached hydrogen (secondary N) is 1. The monoisotopic (exact) mass is 367 g/mol. The molecule has 0 aromatic heterocycles. The van der Waals surface area contributed by atoms with Gasteiger partial charge < -0.3 is 14.8 Å². The van der Waals surface area contributed by atoms with Crippen LogP contribution < -0.4 is 10.1 Å². The molecule has 27 heavy (non-hydrogen) atoms. The first-order chi connectivity index (χ1) is 13.0. The molecular weight excluding hydrogens is 334 g/mol. The van der Waals surface area contributed by atoms with Crippen LogP contribution in [0.15, 0.2) is 54.6 Å². The van der Waals surface area contributed by atoms with Crippen molar-refractivity contribution in [3.8, 4) is 5.75 Å². The van der Waals surface area contributed by atoms with E-state index in [2.05, 4.69) is 80.7 Å². The molecule has 0 bridgehead atoms. The van der Waals surface area contributed by atoms with Crippen molar-refractivity contribution in [1.29, 1.82) is 0 Å². The van der Waals surface area contributed by atoms with Gasteiger partial charge in [0.1, 0.15) is 5.75 Å². The zero-order chi connectivity index (χ0) is 19.3. The summed E-state index contributed by atoms with van der Waals surface area (Å²) in [5.41, 5.74) is 2.59. The predicted octanol–water partition coefficient (Wildman–Crippen LogP) is 5.26. The zero-order valence-electron chi connectivity index (χ0n) is 17.1. The van der Waals surface area contributed by atoms with E-state index in [0.717, 1.165) is 38.2 Å². The molecule has 2 aromatic carbocycles. The second-order valence-electron chi connectivity index (χ2n) is 8.35. The Morgan fingerprint density at radius 3 is 2.48 bits per heavy atom. The largest absolute Gasteiger partial charge is 0.496 e. The van der Waals surface area contributed by atoms with Crippen molar-refractivity contribution < 1.29 is 9.47 Å². The van der Waals surface area contributed by atoms with E-state index in [9.17, 15) is 0 Å². The summed E-state index contributed by atoms with van der Waals surface area (Å²) in [6.45, 7) is 8.40. The molecule has 3 rings (SSSR count). The number of para-hydroxylation sites is 1. The fraction of sp³-hybridized carbons (Fsp3) is 0.500. The van der Waals surface area contributed by atoms with Gasteiger partial charge in [0.05, 0.1) is 12.7 Å². The van der Waals surface area contributed by atoms with Gasteiger partial charge in [0, 0.05) is 23.6 Å². The fourth-order valence-electron chi connectivity index (χ4n) is 4.53. The first-order valence-electron chi connectivity index (χ1n) is 10.0. The summed E-state index contributed by atoms with van der Waals surface area (Å²) in [5.74, 6) is 0.992. The van der Waals surface area contributed by atoms with Gasteiger partial charge >= 0.3 is 0 Å². The van der Waals surface area contributed by atoms with E-state index >= 15 is 0 Å². The highest BCUT2D eigenvalue weighted by molar-refractivity contribution is 5.40. The minimum atomic E-state index is -0.121. The van der Waals surface area contributed by atoms with Crippen LogP contribution in [0.5, 0.6) is 5.75 Å². The molecule has 1 fully saturated rings. The summed E-state index contributed by atoms with van der Waals surface area (Å²) in [7, 11) is 1.77. The van der Waals surface area contributed by atoms with Gasteiger partial charge in [-0.15, -0.1) is 0 Å². The minimum Gasteiger partial charge on any atom is -0.496 e. The van der Waals surface area contributed by atoms with Crippen LogP contribution in [0.4, 0.5) is 0 Å². The molecule has 2 atom stereocenters. The Morgan fingerprint density at radius 1 is 1.07 bits per heavy atom. The third kappa shape index (κ3) is 4.72. The maximum absolute atomic E-state index is 6.05. The molecule has 2 aromatic rings. The van der Waals surface area contributed by atoms with Gasteiger partial charge in [-0.05, 0) is 58.2 Å². The Labute approximate surface area is 164 Å². The Morgan fingerprint density at radius 2 is 1.78 bits per heavy atom. The van der Waals surface area contributed by atoms with Gasteiger partial charge in [-0.1, -0.05) is 48.5 Å². The molecule has 2 unspecified atom stereocenters. The standard InChI is InChI=1S/C24H33NO2/c1-19(20-10-6-5-7-11-20)25-16-14-24(15-17-27-23(2,3)18-24)21-12-8-9-13-22(21)26-4/h5-13,19,25H,14-18H2,1-4H3. The molecule has 1 saturated heterocycles. The topological polar surface area (TPSA) is 30.5 Å². The molecule has 1 aliphatic rings. The molecule has 3 nitrogen and oxygen atoms in total. The third-order valence-corrected chi connectivity index (χ3v) is 5.87. The first kappa shape index (κ1) is 19.9. The second kappa shape index (κ2) is 8.45. The highest BCUT2D eigenvalue weighted by Crippen LogP contribution is 2.46. The average Bonchev–Trinajstić information content (AvgIpc) is 2.67. The maximum Gasteiger partial charge on any atom is 0.122 e. The summed E-state index contributed by atoms with van der Waals surface area (Å²) in [4.78, 5) is 0. The van der Waals surface area contributed by atoms with E-state index in [1.54, 1.807) is 7.11 Å². The summed E-state index contributed by atoms with van der Waals surface area (Å²) in [6.07, 6.45) is 3.09. The van der Waals surface area contributed by atoms with Crippen LogP contribution >= 0.6 is 0 Å². The number of ether oxygens (including phenoxy) is 2. The molecule has 0 aliphatic carbocycles. The van der Waals surface area contributed by atoms with Crippen molar-refractivity contribution in [2.24, 2.45) is 0 Å². The summed E-state index contributed by atoms with van der Waals surface area (Å²) in [5, 5.41) is 3.72. The van der Waals surface area contributed by atoms with E-state index in [1.807, 2.05) is 0 Å². The number of hydrogen-bond acceptors (Lipinski definition) is 3. The Bertz CT molecular complexity index is 728. The van der Waals surface area contributed by atoms with E-state index in [0.29, 0.717) is 6.04 Å². The van der Waals surface area contributed by atoms with Gasteiger partial charge in [0.25, 0.3) is 0 Å². The van der Waals surface area contributed by atoms with Gasteiger partial charge in [-0.2, -0.15) is 0 Å². The molecule has 146 valence electrons. The Hall–Kier alpha value is -1.84. The van der Waals surface area contributed by atoms with E-state index in [1.165, 1.54) is 11.1 Å². The fourth-order valence-corrected chi connectivity index (χ4v) is 4.53. The second-order valence-corrected chi connectivity index (χ2v) is 8.35. The van der Waals surface area contributed by atoms with Gasteiger partial charge in [0.15, 0.2) is 0 Å². The quantitative estimate of drug-likeness (QED) is 0.724. The molecule has 1 heterocycles. The minimum absolute atomic E-state index is 0.0672. The van der Waals surface area contributed by atoms with Crippen molar-refractivity contribution >= 4 is 0 Å². The van der Waals surface area contributed by atoms with Gasteiger partial charge in [-0.25, -0.2) is 0 Å². The highest BCUT2D eigenvalue weighted by atomic mass is 16.5. The number of methoxy groups -OCH3 is 1. The van der Waals surface area contributed by atoms with E-state index in [4.69, 9.17) is 9.47 Å². The molecule has 3 heteroatoms. The van der Waals surface area contributed by atoms with E-state index in [-0.39, 0.29) is 11.0 Å². The highest BCUT2D eigenvalue weighted by Gasteiger charge is 2.43. The zero-order valence-corrected chi connectivity index (χ0v) is 17.1. The summed E-state index contributed by atoms with van der Waals surface area (Å²) >= 11 is 0. The lowest BCUT2D eigenvalue weighted by molar-refractivity contribution is -0.0843. The molecular formula is C24H33NO2. The number of rotatable bonds is 7. The van der Waals surface area contributed by atoms with Crippen LogP contribution in [0.3, 0.4) is 0 Å². The molecule has 0 spiro atoms. The average molecular weight is 368 g/mol. The number of hydrogen-bond donors (Lipinski definition) is 1. The van der Waals surface area contributed by atoms with Crippen LogP contribution in [0, 0.1) is 0 Å². The lowest BCUT2D eigenvalue weighted by atomic mass is 9.67. The lowest BCUT2D eigenvalue weighted by Crippen LogP contribution is -2.45. The van der Waals surface area contributed by atoms with Crippen LogP contribution in [-0.4, -0.2) is 25.9 Å². The van der Waals surface area contributed by atoms with Crippen molar-refractivity contribution in [2.45, 2.75) is 57.1 Å². The Kier molecular flexibility index (Phi) is 6.23. The number of benzene rings is 2. The Balaban J connectivity index is 1.79. The van der Waals surface area contributed by atoms with Crippen molar-refractivity contribution in [2.75, 3.05) is 20.3 Å². The van der Waals surface area contributed by atoms with Crippen molar-refractivity contribution in [3.63, 3.8) is 0 Å². The third-order valence-electron chi connectivity index (χ3n) is 5.87. The van der Waals surface area contributed by atoms with Crippen LogP contribution in [0.1, 0.15) is 57.2 Å². The SMILES string of the molecule is COc1ccccc1C1(CCNC(C)c2ccccc2)CCOC(C)(C)C1. The maximum atomic E-state index is 6.05. The summed E-state index contributed by atoms with van der Waals surface area (Å²) in [6, 6.07) is 19.5. The van der Waals surface area contributed by atoms with Crippen LogP contribution in [-0.2, 0) is 10.2 Å². The van der Waals surface area contributed by atoms with Crippen molar-refractivity contribution in [1.82, 2.24) is 5.32 Å². The smallest absolute Gasteiger partial charge is 0.122 e. The van der Waals surface area contributed by atoms with Crippen LogP contribution in [0.2, 0.25) is 0 Å². The molecule has 1 aliphatic heterocycles. The molecule has 0 saturated carbocycles. The van der Waals surface area contributed by atoms with E-state index < -0.39 is 0 Å². The lowest BCUT2D eigenvalue weighted by Gasteiger charge is -2.46. The first-order valence-corrected chi connectivity index (χ1v) is 10.0. The van der Waals surface area contributed by atoms with Gasteiger partial charge in [-0.3, -0.25) is 0 Å². The van der Waals surface area contributed by atoms with Crippen LogP contribution in [0.25, 0.3) is 0 Å². The summed E-state index contributed by atoms with van der Waals surface area (Å²) < 4.78 is 11.8. The predicted molar refractivity (Wildman–Crippen MR) is 111 cm³/mol. The van der Waals surface area contributed by atoms with Gasteiger partial charge in [0.2, 0.25) is 0 Å². The molecule has 0 radical (unpaired) electrons. The molecule has 1 N–H and O–H groups in total.